The summed E-state index contributed by atoms with van der Waals surface area (Å²) in [5.74, 6) is 3.15. The monoisotopic (exact) mass is 363 g/mol. The van der Waals surface area contributed by atoms with Gasteiger partial charge in [0.05, 0.1) is 6.10 Å². The first kappa shape index (κ1) is 17.1. The van der Waals surface area contributed by atoms with E-state index < -0.39 is 0 Å². The second-order valence-electron chi connectivity index (χ2n) is 8.33. The predicted octanol–water partition coefficient (Wildman–Crippen LogP) is 6.32. The van der Waals surface area contributed by atoms with Crippen LogP contribution in [-0.4, -0.2) is 12.6 Å². The number of hydrogen-bond acceptors (Lipinski definition) is 3. The average Bonchev–Trinajstić information content (AvgIpc) is 2.75. The van der Waals surface area contributed by atoms with Crippen molar-refractivity contribution in [2.24, 2.45) is 11.8 Å². The fraction of sp³-hybridized carbons (Fsp3) is 0.500. The van der Waals surface area contributed by atoms with Gasteiger partial charge in [-0.1, -0.05) is 37.5 Å². The van der Waals surface area contributed by atoms with Crippen molar-refractivity contribution >= 4 is 5.69 Å². The minimum absolute atomic E-state index is 0.209. The van der Waals surface area contributed by atoms with Gasteiger partial charge in [0.25, 0.3) is 0 Å². The summed E-state index contributed by atoms with van der Waals surface area (Å²) in [5.41, 5.74) is 2.52. The molecule has 142 valence electrons. The van der Waals surface area contributed by atoms with Gasteiger partial charge in [0.1, 0.15) is 11.5 Å². The van der Waals surface area contributed by atoms with Gasteiger partial charge in [0.15, 0.2) is 0 Å². The van der Waals surface area contributed by atoms with Crippen LogP contribution in [0.15, 0.2) is 48.5 Å². The first-order chi connectivity index (χ1) is 13.4. The molecule has 1 aliphatic carbocycles. The summed E-state index contributed by atoms with van der Waals surface area (Å²) < 4.78 is 12.4. The van der Waals surface area contributed by atoms with Crippen LogP contribution < -0.4 is 10.1 Å². The third-order valence-corrected chi connectivity index (χ3v) is 6.62. The lowest BCUT2D eigenvalue weighted by Gasteiger charge is -2.47. The van der Waals surface area contributed by atoms with Gasteiger partial charge in [-0.3, -0.25) is 0 Å². The average molecular weight is 364 g/mol. The van der Waals surface area contributed by atoms with E-state index in [2.05, 4.69) is 23.5 Å². The predicted molar refractivity (Wildman–Crippen MR) is 108 cm³/mol. The quantitative estimate of drug-likeness (QED) is 0.692. The molecule has 1 saturated heterocycles. The molecule has 1 saturated carbocycles. The van der Waals surface area contributed by atoms with E-state index in [-0.39, 0.29) is 6.10 Å². The zero-order chi connectivity index (χ0) is 18.1. The maximum atomic E-state index is 6.34. The summed E-state index contributed by atoms with van der Waals surface area (Å²) in [6.07, 6.45) is 9.57. The lowest BCUT2D eigenvalue weighted by molar-refractivity contribution is -0.0458. The van der Waals surface area contributed by atoms with Crippen molar-refractivity contribution in [3.8, 4) is 11.5 Å². The number of ether oxygens (including phenoxy) is 2. The van der Waals surface area contributed by atoms with Crippen molar-refractivity contribution in [3.63, 3.8) is 0 Å². The van der Waals surface area contributed by atoms with Crippen molar-refractivity contribution < 1.29 is 9.47 Å². The number of benzene rings is 2. The normalized spacial score (nSPS) is 27.9. The summed E-state index contributed by atoms with van der Waals surface area (Å²) in [4.78, 5) is 0. The zero-order valence-electron chi connectivity index (χ0n) is 15.9. The number of anilines is 1. The Kier molecular flexibility index (Phi) is 4.79. The highest BCUT2D eigenvalue weighted by molar-refractivity contribution is 5.59. The van der Waals surface area contributed by atoms with Crippen LogP contribution in [0, 0.1) is 11.8 Å². The van der Waals surface area contributed by atoms with Crippen LogP contribution in [0.4, 0.5) is 5.69 Å². The minimum atomic E-state index is 0.209. The van der Waals surface area contributed by atoms with Gasteiger partial charge < -0.3 is 14.8 Å². The van der Waals surface area contributed by atoms with Crippen LogP contribution >= 0.6 is 0 Å². The van der Waals surface area contributed by atoms with Gasteiger partial charge in [-0.2, -0.15) is 0 Å². The Labute approximate surface area is 162 Å². The molecule has 27 heavy (non-hydrogen) atoms. The summed E-state index contributed by atoms with van der Waals surface area (Å²) >= 11 is 0. The molecule has 3 atom stereocenters. The van der Waals surface area contributed by atoms with Crippen LogP contribution in [0.3, 0.4) is 0 Å². The molecule has 0 aromatic heterocycles. The standard InChI is InChI=1S/C24H29NO2/c1-3-8-17(9-4-1)23-20-12-7-15-26-24(20)21-16-19(13-14-22(21)25-23)27-18-10-5-2-6-11-18/h2,5-6,10-11,13-14,16-17,20,23-25H,1,3-4,7-9,12,15H2/t20-,23-,24-/m0/s1. The highest BCUT2D eigenvalue weighted by Gasteiger charge is 2.42. The van der Waals surface area contributed by atoms with Crippen LogP contribution in [-0.2, 0) is 4.74 Å². The van der Waals surface area contributed by atoms with E-state index in [1.807, 2.05) is 30.3 Å². The molecule has 1 N–H and O–H groups in total. The number of nitrogens with one attached hydrogen (secondary N) is 1. The lowest BCUT2D eigenvalue weighted by atomic mass is 9.71. The van der Waals surface area contributed by atoms with Gasteiger partial charge in [0, 0.05) is 29.8 Å². The number of para-hydroxylation sites is 1. The van der Waals surface area contributed by atoms with Gasteiger partial charge in [-0.05, 0) is 61.9 Å². The Morgan fingerprint density at radius 2 is 1.70 bits per heavy atom. The molecule has 3 heteroatoms. The third-order valence-electron chi connectivity index (χ3n) is 6.62. The molecule has 3 aliphatic rings. The fourth-order valence-corrected chi connectivity index (χ4v) is 5.34. The Bertz CT molecular complexity index is 769. The molecular formula is C24H29NO2. The van der Waals surface area contributed by atoms with Crippen molar-refractivity contribution in [3.05, 3.63) is 54.1 Å². The smallest absolute Gasteiger partial charge is 0.127 e. The van der Waals surface area contributed by atoms with E-state index in [0.717, 1.165) is 24.0 Å². The highest BCUT2D eigenvalue weighted by Crippen LogP contribution is 2.48. The van der Waals surface area contributed by atoms with Crippen molar-refractivity contribution in [2.45, 2.75) is 57.1 Å². The number of rotatable bonds is 3. The van der Waals surface area contributed by atoms with E-state index in [1.54, 1.807) is 0 Å². The van der Waals surface area contributed by atoms with E-state index in [0.29, 0.717) is 12.0 Å². The molecule has 2 aromatic carbocycles. The molecule has 2 aliphatic heterocycles. The third kappa shape index (κ3) is 3.45. The van der Waals surface area contributed by atoms with E-state index in [4.69, 9.17) is 9.47 Å². The maximum absolute atomic E-state index is 6.34. The van der Waals surface area contributed by atoms with Gasteiger partial charge in [-0.15, -0.1) is 0 Å². The van der Waals surface area contributed by atoms with Gasteiger partial charge in [0.2, 0.25) is 0 Å². The largest absolute Gasteiger partial charge is 0.457 e. The van der Waals surface area contributed by atoms with Crippen LogP contribution in [0.25, 0.3) is 0 Å². The summed E-state index contributed by atoms with van der Waals surface area (Å²) in [7, 11) is 0. The molecular weight excluding hydrogens is 334 g/mol. The second-order valence-corrected chi connectivity index (χ2v) is 8.33. The van der Waals surface area contributed by atoms with Crippen LogP contribution in [0.5, 0.6) is 11.5 Å². The van der Waals surface area contributed by atoms with E-state index >= 15 is 0 Å². The van der Waals surface area contributed by atoms with E-state index in [1.165, 1.54) is 56.2 Å². The number of fused-ring (bicyclic) bond motifs is 3. The lowest BCUT2D eigenvalue weighted by Crippen LogP contribution is -2.46. The molecule has 0 bridgehead atoms. The van der Waals surface area contributed by atoms with E-state index in [9.17, 15) is 0 Å². The Hall–Kier alpha value is -2.00. The summed E-state index contributed by atoms with van der Waals surface area (Å²) in [5, 5.41) is 3.92. The second kappa shape index (κ2) is 7.55. The Morgan fingerprint density at radius 3 is 2.56 bits per heavy atom. The molecule has 2 aromatic rings. The van der Waals surface area contributed by atoms with Crippen molar-refractivity contribution in [2.75, 3.05) is 11.9 Å². The first-order valence-corrected chi connectivity index (χ1v) is 10.6. The summed E-state index contributed by atoms with van der Waals surface area (Å²) in [6.45, 7) is 0.877. The molecule has 0 spiro atoms. The molecule has 3 nitrogen and oxygen atoms in total. The van der Waals surface area contributed by atoms with Gasteiger partial charge >= 0.3 is 0 Å². The van der Waals surface area contributed by atoms with Gasteiger partial charge in [-0.25, -0.2) is 0 Å². The first-order valence-electron chi connectivity index (χ1n) is 10.6. The fourth-order valence-electron chi connectivity index (χ4n) is 5.34. The molecule has 2 heterocycles. The topological polar surface area (TPSA) is 30.5 Å². The number of hydrogen-bond donors (Lipinski definition) is 1. The van der Waals surface area contributed by atoms with Crippen molar-refractivity contribution in [1.82, 2.24) is 0 Å². The maximum Gasteiger partial charge on any atom is 0.127 e. The summed E-state index contributed by atoms with van der Waals surface area (Å²) in [6, 6.07) is 17.0. The Morgan fingerprint density at radius 1 is 0.852 bits per heavy atom. The van der Waals surface area contributed by atoms with Crippen molar-refractivity contribution in [1.29, 1.82) is 0 Å². The van der Waals surface area contributed by atoms with Crippen LogP contribution in [0.1, 0.15) is 56.6 Å². The highest BCUT2D eigenvalue weighted by atomic mass is 16.5. The molecule has 0 unspecified atom stereocenters. The zero-order valence-corrected chi connectivity index (χ0v) is 15.9. The molecule has 2 fully saturated rings. The molecule has 0 radical (unpaired) electrons. The Balaban J connectivity index is 1.44. The molecule has 5 rings (SSSR count). The minimum Gasteiger partial charge on any atom is -0.457 e. The SMILES string of the molecule is c1ccc(Oc2ccc3c(c2)[C@H]2OCCC[C@H]2[C@H](C2CCCCC2)N3)cc1. The molecule has 0 amide bonds. The van der Waals surface area contributed by atoms with Crippen LogP contribution in [0.2, 0.25) is 0 Å².